The Kier molecular flexibility index (Phi) is 1.87. The Balaban J connectivity index is 2.01. The van der Waals surface area contributed by atoms with E-state index in [1.807, 2.05) is 0 Å². The Labute approximate surface area is 66.6 Å². The zero-order chi connectivity index (χ0) is 7.73. The lowest BCUT2D eigenvalue weighted by molar-refractivity contribution is -0.137. The topological polar surface area (TPSA) is 27.7 Å². The molecule has 2 fully saturated rings. The molecule has 2 heterocycles. The van der Waals surface area contributed by atoms with Gasteiger partial charge in [-0.25, -0.2) is 0 Å². The molecule has 0 N–H and O–H groups in total. The van der Waals surface area contributed by atoms with Crippen LogP contribution in [0.5, 0.6) is 0 Å². The molecule has 2 saturated heterocycles. The summed E-state index contributed by atoms with van der Waals surface area (Å²) >= 11 is 0. The van der Waals surface area contributed by atoms with Gasteiger partial charge in [0.05, 0.1) is 13.2 Å². The lowest BCUT2D eigenvalue weighted by Gasteiger charge is -2.29. The van der Waals surface area contributed by atoms with Crippen molar-refractivity contribution in [3.8, 4) is 0 Å². The van der Waals surface area contributed by atoms with E-state index in [2.05, 4.69) is 0 Å². The van der Waals surface area contributed by atoms with Crippen LogP contribution < -0.4 is 0 Å². The summed E-state index contributed by atoms with van der Waals surface area (Å²) in [7, 11) is 1.71. The molecule has 3 heteroatoms. The Bertz CT molecular complexity index is 139. The zero-order valence-corrected chi connectivity index (χ0v) is 6.84. The van der Waals surface area contributed by atoms with E-state index in [0.29, 0.717) is 13.2 Å². The maximum absolute atomic E-state index is 5.68. The molecule has 2 aliphatic rings. The van der Waals surface area contributed by atoms with Crippen molar-refractivity contribution in [1.82, 2.24) is 0 Å². The van der Waals surface area contributed by atoms with Crippen molar-refractivity contribution < 1.29 is 14.2 Å². The highest BCUT2D eigenvalue weighted by Crippen LogP contribution is 2.35. The molecule has 0 spiro atoms. The molecule has 0 unspecified atom stereocenters. The molecule has 0 radical (unpaired) electrons. The Morgan fingerprint density at radius 1 is 1.64 bits per heavy atom. The average molecular weight is 158 g/mol. The van der Waals surface area contributed by atoms with E-state index in [4.69, 9.17) is 14.2 Å². The predicted molar refractivity (Wildman–Crippen MR) is 39.3 cm³/mol. The summed E-state index contributed by atoms with van der Waals surface area (Å²) in [5.74, 6) is 0. The number of methoxy groups -OCH3 is 1. The van der Waals surface area contributed by atoms with Gasteiger partial charge in [-0.2, -0.15) is 0 Å². The van der Waals surface area contributed by atoms with Gasteiger partial charge in [0.15, 0.2) is 6.29 Å². The van der Waals surface area contributed by atoms with Crippen LogP contribution in [0.4, 0.5) is 0 Å². The maximum Gasteiger partial charge on any atom is 0.158 e. The Hall–Kier alpha value is -0.120. The van der Waals surface area contributed by atoms with E-state index >= 15 is 0 Å². The lowest BCUT2D eigenvalue weighted by Crippen LogP contribution is -2.39. The van der Waals surface area contributed by atoms with Gasteiger partial charge in [0.1, 0.15) is 5.60 Å². The van der Waals surface area contributed by atoms with E-state index in [9.17, 15) is 0 Å². The summed E-state index contributed by atoms with van der Waals surface area (Å²) in [5, 5.41) is 0. The molecule has 3 nitrogen and oxygen atoms in total. The highest BCUT2D eigenvalue weighted by Gasteiger charge is 2.44. The van der Waals surface area contributed by atoms with Crippen LogP contribution in [0, 0.1) is 0 Å². The minimum atomic E-state index is -0.0995. The molecule has 0 aromatic rings. The van der Waals surface area contributed by atoms with Crippen LogP contribution in [0.15, 0.2) is 0 Å². The molecule has 0 aliphatic carbocycles. The van der Waals surface area contributed by atoms with Crippen molar-refractivity contribution in [3.63, 3.8) is 0 Å². The average Bonchev–Trinajstić information content (AvgIpc) is 2.28. The van der Waals surface area contributed by atoms with Crippen molar-refractivity contribution >= 4 is 0 Å². The molecule has 2 atom stereocenters. The first-order valence-corrected chi connectivity index (χ1v) is 4.13. The minimum absolute atomic E-state index is 0.0545. The highest BCUT2D eigenvalue weighted by atomic mass is 16.7. The smallest absolute Gasteiger partial charge is 0.158 e. The summed E-state index contributed by atoms with van der Waals surface area (Å²) in [4.78, 5) is 0. The number of fused-ring (bicyclic) bond motifs is 2. The van der Waals surface area contributed by atoms with Gasteiger partial charge in [-0.1, -0.05) is 0 Å². The molecular formula is C8H14O3. The van der Waals surface area contributed by atoms with Gasteiger partial charge in [0, 0.05) is 7.11 Å². The second kappa shape index (κ2) is 2.73. The van der Waals surface area contributed by atoms with E-state index in [0.717, 1.165) is 12.8 Å². The van der Waals surface area contributed by atoms with Crippen molar-refractivity contribution in [3.05, 3.63) is 0 Å². The fourth-order valence-electron chi connectivity index (χ4n) is 1.87. The molecule has 0 saturated carbocycles. The highest BCUT2D eigenvalue weighted by molar-refractivity contribution is 4.88. The van der Waals surface area contributed by atoms with E-state index in [1.165, 1.54) is 6.42 Å². The molecule has 2 rings (SSSR count). The Morgan fingerprint density at radius 3 is 3.36 bits per heavy atom. The van der Waals surface area contributed by atoms with E-state index in [-0.39, 0.29) is 11.9 Å². The van der Waals surface area contributed by atoms with Crippen LogP contribution in [0.2, 0.25) is 0 Å². The third-order valence-electron chi connectivity index (χ3n) is 2.39. The zero-order valence-electron chi connectivity index (χ0n) is 6.84. The molecule has 0 amide bonds. The largest absolute Gasteiger partial charge is 0.382 e. The summed E-state index contributed by atoms with van der Waals surface area (Å²) in [6.45, 7) is 1.38. The fourth-order valence-corrected chi connectivity index (χ4v) is 1.87. The summed E-state index contributed by atoms with van der Waals surface area (Å²) in [6, 6.07) is 0. The van der Waals surface area contributed by atoms with Gasteiger partial charge in [0.25, 0.3) is 0 Å². The van der Waals surface area contributed by atoms with Gasteiger partial charge in [-0.05, 0) is 19.3 Å². The third-order valence-corrected chi connectivity index (χ3v) is 2.39. The third kappa shape index (κ3) is 1.28. The van der Waals surface area contributed by atoms with Crippen LogP contribution in [0.25, 0.3) is 0 Å². The first-order valence-electron chi connectivity index (χ1n) is 4.13. The first kappa shape index (κ1) is 7.53. The van der Waals surface area contributed by atoms with Gasteiger partial charge < -0.3 is 14.2 Å². The molecule has 2 aliphatic heterocycles. The standard InChI is InChI=1S/C8H14O3/c1-9-5-8-4-2-3-7(11-8)10-6-8/h7H,2-6H2,1H3/t7-,8-/m1/s1. The summed E-state index contributed by atoms with van der Waals surface area (Å²) in [6.07, 6.45) is 3.38. The molecule has 11 heavy (non-hydrogen) atoms. The van der Waals surface area contributed by atoms with Crippen molar-refractivity contribution in [2.45, 2.75) is 31.2 Å². The number of hydrogen-bond donors (Lipinski definition) is 0. The van der Waals surface area contributed by atoms with Crippen LogP contribution in [0.3, 0.4) is 0 Å². The summed E-state index contributed by atoms with van der Waals surface area (Å²) in [5.41, 5.74) is -0.0995. The molecule has 64 valence electrons. The number of hydrogen-bond acceptors (Lipinski definition) is 3. The number of ether oxygens (including phenoxy) is 3. The van der Waals surface area contributed by atoms with Crippen LogP contribution in [0.1, 0.15) is 19.3 Å². The fraction of sp³-hybridized carbons (Fsp3) is 1.00. The SMILES string of the molecule is COC[C@]12CCC[C@H](OC1)O2. The molecular weight excluding hydrogens is 144 g/mol. The van der Waals surface area contributed by atoms with Gasteiger partial charge >= 0.3 is 0 Å². The Morgan fingerprint density at radius 2 is 2.55 bits per heavy atom. The molecule has 2 bridgehead atoms. The van der Waals surface area contributed by atoms with Crippen molar-refractivity contribution in [2.75, 3.05) is 20.3 Å². The second-order valence-corrected chi connectivity index (χ2v) is 3.37. The van der Waals surface area contributed by atoms with Gasteiger partial charge in [0.2, 0.25) is 0 Å². The first-order chi connectivity index (χ1) is 5.35. The maximum atomic E-state index is 5.68. The van der Waals surface area contributed by atoms with Crippen LogP contribution in [-0.4, -0.2) is 32.2 Å². The summed E-state index contributed by atoms with van der Waals surface area (Å²) < 4.78 is 16.2. The van der Waals surface area contributed by atoms with E-state index < -0.39 is 0 Å². The molecule has 0 aromatic carbocycles. The monoisotopic (exact) mass is 158 g/mol. The lowest BCUT2D eigenvalue weighted by atomic mass is 9.97. The van der Waals surface area contributed by atoms with Crippen molar-refractivity contribution in [2.24, 2.45) is 0 Å². The molecule has 0 aromatic heterocycles. The van der Waals surface area contributed by atoms with Gasteiger partial charge in [-0.3, -0.25) is 0 Å². The van der Waals surface area contributed by atoms with Crippen LogP contribution >= 0.6 is 0 Å². The second-order valence-electron chi connectivity index (χ2n) is 3.37. The van der Waals surface area contributed by atoms with Crippen LogP contribution in [-0.2, 0) is 14.2 Å². The van der Waals surface area contributed by atoms with Crippen molar-refractivity contribution in [1.29, 1.82) is 0 Å². The number of rotatable bonds is 2. The van der Waals surface area contributed by atoms with E-state index in [1.54, 1.807) is 7.11 Å². The normalized spacial score (nSPS) is 42.8. The van der Waals surface area contributed by atoms with Gasteiger partial charge in [-0.15, -0.1) is 0 Å². The quantitative estimate of drug-likeness (QED) is 0.598. The minimum Gasteiger partial charge on any atom is -0.382 e. The predicted octanol–water partition coefficient (Wildman–Crippen LogP) is 0.928.